The van der Waals surface area contributed by atoms with Crippen molar-refractivity contribution in [3.8, 4) is 0 Å². The molecule has 4 heteroatoms. The molecule has 2 rings (SSSR count). The van der Waals surface area contributed by atoms with Crippen molar-refractivity contribution in [2.45, 2.75) is 17.9 Å². The van der Waals surface area contributed by atoms with Gasteiger partial charge in [-0.05, 0) is 19.1 Å². The van der Waals surface area contributed by atoms with Crippen molar-refractivity contribution in [1.29, 1.82) is 0 Å². The van der Waals surface area contributed by atoms with E-state index < -0.39 is 0 Å². The van der Waals surface area contributed by atoms with Crippen LogP contribution in [0.4, 0.5) is 0 Å². The molecule has 0 saturated carbocycles. The van der Waals surface area contributed by atoms with Crippen molar-refractivity contribution in [2.75, 3.05) is 25.4 Å². The molecule has 1 aromatic carbocycles. The first-order valence-corrected chi connectivity index (χ1v) is 7.22. The van der Waals surface area contributed by atoms with Crippen LogP contribution in [0.1, 0.15) is 6.92 Å². The van der Waals surface area contributed by atoms with Gasteiger partial charge in [-0.15, -0.1) is 11.8 Å². The number of nitrogens with one attached hydrogen (secondary N) is 3. The van der Waals surface area contributed by atoms with Crippen LogP contribution >= 0.6 is 11.8 Å². The highest BCUT2D eigenvalue weighted by Gasteiger charge is 2.21. The summed E-state index contributed by atoms with van der Waals surface area (Å²) in [5.41, 5.74) is 6.43. The van der Waals surface area contributed by atoms with E-state index in [0.717, 1.165) is 25.4 Å². The van der Waals surface area contributed by atoms with Gasteiger partial charge in [0, 0.05) is 42.2 Å². The quantitative estimate of drug-likeness (QED) is 0.529. The molecule has 17 heavy (non-hydrogen) atoms. The topological polar surface area (TPSA) is 36.1 Å². The maximum Gasteiger partial charge on any atom is 0.0237 e. The van der Waals surface area contributed by atoms with E-state index in [1.165, 1.54) is 4.90 Å². The maximum absolute atomic E-state index is 3.53. The molecule has 0 spiro atoms. The Morgan fingerprint density at radius 2 is 2.18 bits per heavy atom. The first-order valence-electron chi connectivity index (χ1n) is 6.23. The Morgan fingerprint density at radius 1 is 1.35 bits per heavy atom. The standard InChI is InChI=1S/C13H21N3S/c1-11-12(10-15-16-11)9-14-7-8-17-13-5-3-2-4-6-13/h2-6,11-12,14-16H,7-10H2,1H3. The maximum atomic E-state index is 3.53. The predicted molar refractivity (Wildman–Crippen MR) is 74.1 cm³/mol. The highest BCUT2D eigenvalue weighted by atomic mass is 32.2. The third-order valence-electron chi connectivity index (χ3n) is 3.10. The lowest BCUT2D eigenvalue weighted by Gasteiger charge is -2.14. The summed E-state index contributed by atoms with van der Waals surface area (Å²) in [5, 5.41) is 3.53. The summed E-state index contributed by atoms with van der Waals surface area (Å²) in [4.78, 5) is 1.35. The second-order valence-corrected chi connectivity index (χ2v) is 5.61. The Hall–Kier alpha value is -0.550. The lowest BCUT2D eigenvalue weighted by atomic mass is 10.0. The zero-order valence-electron chi connectivity index (χ0n) is 10.3. The monoisotopic (exact) mass is 251 g/mol. The summed E-state index contributed by atoms with van der Waals surface area (Å²) in [6.45, 7) is 5.46. The number of benzene rings is 1. The normalized spacial score (nSPS) is 24.1. The van der Waals surface area contributed by atoms with Crippen molar-refractivity contribution in [2.24, 2.45) is 5.92 Å². The average molecular weight is 251 g/mol. The Kier molecular flexibility index (Phi) is 5.32. The number of hydrogen-bond acceptors (Lipinski definition) is 4. The third kappa shape index (κ3) is 4.32. The summed E-state index contributed by atoms with van der Waals surface area (Å²) < 4.78 is 0. The number of hydrogen-bond donors (Lipinski definition) is 3. The largest absolute Gasteiger partial charge is 0.316 e. The molecule has 94 valence electrons. The zero-order valence-corrected chi connectivity index (χ0v) is 11.1. The van der Waals surface area contributed by atoms with Crippen LogP contribution in [0.3, 0.4) is 0 Å². The molecule has 3 N–H and O–H groups in total. The van der Waals surface area contributed by atoms with Crippen LogP contribution in [-0.2, 0) is 0 Å². The summed E-state index contributed by atoms with van der Waals surface area (Å²) in [6.07, 6.45) is 0. The van der Waals surface area contributed by atoms with Crippen molar-refractivity contribution < 1.29 is 0 Å². The van der Waals surface area contributed by atoms with Gasteiger partial charge in [0.2, 0.25) is 0 Å². The van der Waals surface area contributed by atoms with Crippen molar-refractivity contribution >= 4 is 11.8 Å². The van der Waals surface area contributed by atoms with Crippen LogP contribution in [0, 0.1) is 5.92 Å². The zero-order chi connectivity index (χ0) is 11.9. The summed E-state index contributed by atoms with van der Waals surface area (Å²) in [6, 6.07) is 11.1. The molecule has 0 amide bonds. The summed E-state index contributed by atoms with van der Waals surface area (Å²) in [7, 11) is 0. The molecule has 1 saturated heterocycles. The van der Waals surface area contributed by atoms with E-state index in [9.17, 15) is 0 Å². The molecular formula is C13H21N3S. The van der Waals surface area contributed by atoms with Crippen LogP contribution < -0.4 is 16.2 Å². The molecular weight excluding hydrogens is 230 g/mol. The van der Waals surface area contributed by atoms with Crippen molar-refractivity contribution in [3.05, 3.63) is 30.3 Å². The summed E-state index contributed by atoms with van der Waals surface area (Å²) >= 11 is 1.91. The van der Waals surface area contributed by atoms with Crippen LogP contribution in [0.15, 0.2) is 35.2 Å². The highest BCUT2D eigenvalue weighted by Crippen LogP contribution is 2.15. The fraction of sp³-hybridized carbons (Fsp3) is 0.538. The van der Waals surface area contributed by atoms with Crippen molar-refractivity contribution in [3.63, 3.8) is 0 Å². The van der Waals surface area contributed by atoms with E-state index in [0.29, 0.717) is 12.0 Å². The minimum absolute atomic E-state index is 0.573. The van der Waals surface area contributed by atoms with E-state index in [1.807, 2.05) is 11.8 Å². The molecule has 2 atom stereocenters. The Morgan fingerprint density at radius 3 is 2.88 bits per heavy atom. The minimum Gasteiger partial charge on any atom is -0.316 e. The van der Waals surface area contributed by atoms with Crippen LogP contribution in [0.25, 0.3) is 0 Å². The van der Waals surface area contributed by atoms with Crippen LogP contribution in [0.2, 0.25) is 0 Å². The van der Waals surface area contributed by atoms with Crippen molar-refractivity contribution in [1.82, 2.24) is 16.2 Å². The molecule has 1 aliphatic heterocycles. The van der Waals surface area contributed by atoms with Gasteiger partial charge in [0.15, 0.2) is 0 Å². The Labute approximate surface area is 108 Å². The first-order chi connectivity index (χ1) is 8.36. The molecule has 1 aromatic rings. The van der Waals surface area contributed by atoms with E-state index in [1.54, 1.807) is 0 Å². The Balaban J connectivity index is 1.55. The van der Waals surface area contributed by atoms with Gasteiger partial charge in [0.05, 0.1) is 0 Å². The van der Waals surface area contributed by atoms with Gasteiger partial charge in [-0.3, -0.25) is 10.9 Å². The van der Waals surface area contributed by atoms with Gasteiger partial charge in [-0.2, -0.15) is 0 Å². The average Bonchev–Trinajstić information content (AvgIpc) is 2.76. The lowest BCUT2D eigenvalue weighted by Crippen LogP contribution is -2.33. The highest BCUT2D eigenvalue weighted by molar-refractivity contribution is 7.99. The molecule has 0 radical (unpaired) electrons. The molecule has 0 aliphatic carbocycles. The minimum atomic E-state index is 0.573. The molecule has 0 aromatic heterocycles. The van der Waals surface area contributed by atoms with E-state index in [2.05, 4.69) is 53.4 Å². The molecule has 1 heterocycles. The number of hydrazine groups is 1. The Bertz CT molecular complexity index is 318. The van der Waals surface area contributed by atoms with Gasteiger partial charge >= 0.3 is 0 Å². The van der Waals surface area contributed by atoms with Gasteiger partial charge in [0.1, 0.15) is 0 Å². The fourth-order valence-corrected chi connectivity index (χ4v) is 2.77. The van der Waals surface area contributed by atoms with E-state index >= 15 is 0 Å². The SMILES string of the molecule is CC1NNCC1CNCCSc1ccccc1. The summed E-state index contributed by atoms with van der Waals surface area (Å²) in [5.74, 6) is 1.84. The van der Waals surface area contributed by atoms with E-state index in [-0.39, 0.29) is 0 Å². The van der Waals surface area contributed by atoms with Crippen LogP contribution in [0.5, 0.6) is 0 Å². The van der Waals surface area contributed by atoms with E-state index in [4.69, 9.17) is 0 Å². The fourth-order valence-electron chi connectivity index (χ4n) is 1.94. The van der Waals surface area contributed by atoms with Gasteiger partial charge < -0.3 is 5.32 Å². The second kappa shape index (κ2) is 7.01. The molecule has 3 nitrogen and oxygen atoms in total. The second-order valence-electron chi connectivity index (χ2n) is 4.44. The molecule has 2 unspecified atom stereocenters. The molecule has 1 fully saturated rings. The number of rotatable bonds is 6. The van der Waals surface area contributed by atoms with Gasteiger partial charge in [-0.1, -0.05) is 18.2 Å². The first kappa shape index (κ1) is 12.9. The van der Waals surface area contributed by atoms with Gasteiger partial charge in [0.25, 0.3) is 0 Å². The number of thioether (sulfide) groups is 1. The smallest absolute Gasteiger partial charge is 0.0237 e. The van der Waals surface area contributed by atoms with Crippen LogP contribution in [-0.4, -0.2) is 31.4 Å². The predicted octanol–water partition coefficient (Wildman–Crippen LogP) is 1.48. The molecule has 0 bridgehead atoms. The molecule has 1 aliphatic rings. The van der Waals surface area contributed by atoms with Gasteiger partial charge in [-0.25, -0.2) is 0 Å². The lowest BCUT2D eigenvalue weighted by molar-refractivity contribution is 0.461. The third-order valence-corrected chi connectivity index (χ3v) is 4.11.